The summed E-state index contributed by atoms with van der Waals surface area (Å²) in [7, 11) is 0. The van der Waals surface area contributed by atoms with Crippen molar-refractivity contribution in [3.63, 3.8) is 0 Å². The van der Waals surface area contributed by atoms with Crippen molar-refractivity contribution in [1.82, 2.24) is 10.3 Å². The van der Waals surface area contributed by atoms with E-state index in [0.29, 0.717) is 0 Å². The highest BCUT2D eigenvalue weighted by Gasteiger charge is 2.08. The molecule has 1 N–H and O–H groups in total. The third-order valence-corrected chi connectivity index (χ3v) is 3.11. The average molecular weight is 222 g/mol. The number of nitrogens with one attached hydrogen (secondary N) is 1. The van der Waals surface area contributed by atoms with Crippen LogP contribution < -0.4 is 5.32 Å². The predicted molar refractivity (Wildman–Crippen MR) is 60.8 cm³/mol. The van der Waals surface area contributed by atoms with Gasteiger partial charge in [-0.3, -0.25) is 0 Å². The van der Waals surface area contributed by atoms with Crippen molar-refractivity contribution < 1.29 is 4.42 Å². The van der Waals surface area contributed by atoms with E-state index in [-0.39, 0.29) is 6.04 Å². The van der Waals surface area contributed by atoms with E-state index < -0.39 is 0 Å². The largest absolute Gasteiger partial charge is 0.468 e. The molecule has 1 unspecified atom stereocenters. The van der Waals surface area contributed by atoms with Crippen LogP contribution >= 0.6 is 11.3 Å². The summed E-state index contributed by atoms with van der Waals surface area (Å²) in [6, 6.07) is 4.11. The predicted octanol–water partition coefficient (Wildman–Crippen LogP) is 2.90. The molecule has 80 valence electrons. The summed E-state index contributed by atoms with van der Waals surface area (Å²) < 4.78 is 5.31. The second kappa shape index (κ2) is 4.59. The highest BCUT2D eigenvalue weighted by atomic mass is 32.1. The zero-order valence-corrected chi connectivity index (χ0v) is 9.67. The first kappa shape index (κ1) is 10.4. The molecule has 4 heteroatoms. The quantitative estimate of drug-likeness (QED) is 0.864. The molecule has 0 aromatic carbocycles. The normalized spacial score (nSPS) is 12.9. The zero-order chi connectivity index (χ0) is 10.7. The van der Waals surface area contributed by atoms with Gasteiger partial charge in [-0.1, -0.05) is 0 Å². The van der Waals surface area contributed by atoms with Gasteiger partial charge in [0.2, 0.25) is 0 Å². The lowest BCUT2D eigenvalue weighted by molar-refractivity contribution is 0.430. The van der Waals surface area contributed by atoms with Crippen LogP contribution in [0.25, 0.3) is 0 Å². The molecule has 0 bridgehead atoms. The van der Waals surface area contributed by atoms with E-state index in [0.717, 1.165) is 17.3 Å². The fourth-order valence-electron chi connectivity index (χ4n) is 1.36. The molecular formula is C11H14N2OS. The molecule has 0 spiro atoms. The number of hydrogen-bond donors (Lipinski definition) is 1. The minimum absolute atomic E-state index is 0.226. The molecule has 0 saturated heterocycles. The summed E-state index contributed by atoms with van der Waals surface area (Å²) in [4.78, 5) is 5.54. The molecule has 2 aromatic heterocycles. The Labute approximate surface area is 93.2 Å². The SMILES string of the molecule is Cc1cnc(CNC(C)c2ccco2)s1. The minimum Gasteiger partial charge on any atom is -0.468 e. The molecule has 0 fully saturated rings. The molecule has 0 saturated carbocycles. The first-order valence-corrected chi connectivity index (χ1v) is 5.75. The maximum absolute atomic E-state index is 5.31. The van der Waals surface area contributed by atoms with Crippen LogP contribution in [-0.2, 0) is 6.54 Å². The maximum atomic E-state index is 5.31. The number of rotatable bonds is 4. The summed E-state index contributed by atoms with van der Waals surface area (Å²) >= 11 is 1.72. The van der Waals surface area contributed by atoms with E-state index in [4.69, 9.17) is 4.42 Å². The monoisotopic (exact) mass is 222 g/mol. The lowest BCUT2D eigenvalue weighted by Crippen LogP contribution is -2.17. The van der Waals surface area contributed by atoms with Gasteiger partial charge < -0.3 is 9.73 Å². The first-order valence-electron chi connectivity index (χ1n) is 4.94. The second-order valence-electron chi connectivity index (χ2n) is 3.48. The molecule has 0 radical (unpaired) electrons. The van der Waals surface area contributed by atoms with Crippen molar-refractivity contribution in [2.45, 2.75) is 26.4 Å². The van der Waals surface area contributed by atoms with Gasteiger partial charge in [-0.15, -0.1) is 11.3 Å². The summed E-state index contributed by atoms with van der Waals surface area (Å²) in [6.07, 6.45) is 3.60. The van der Waals surface area contributed by atoms with Gasteiger partial charge in [0.15, 0.2) is 0 Å². The number of nitrogens with zero attached hydrogens (tertiary/aromatic N) is 1. The molecule has 0 aliphatic heterocycles. The fourth-order valence-corrected chi connectivity index (χ4v) is 2.10. The Morgan fingerprint density at radius 1 is 1.60 bits per heavy atom. The second-order valence-corrected chi connectivity index (χ2v) is 4.80. The summed E-state index contributed by atoms with van der Waals surface area (Å²) in [5, 5.41) is 4.49. The molecule has 0 amide bonds. The standard InChI is InChI=1S/C11H14N2OS/c1-8-6-13-11(15-8)7-12-9(2)10-4-3-5-14-10/h3-6,9,12H,7H2,1-2H3. The van der Waals surface area contributed by atoms with Gasteiger partial charge in [-0.2, -0.15) is 0 Å². The number of furan rings is 1. The van der Waals surface area contributed by atoms with Gasteiger partial charge in [0.1, 0.15) is 10.8 Å². The number of aromatic nitrogens is 1. The Kier molecular flexibility index (Phi) is 3.18. The number of hydrogen-bond acceptors (Lipinski definition) is 4. The highest BCUT2D eigenvalue weighted by molar-refractivity contribution is 7.11. The lowest BCUT2D eigenvalue weighted by Gasteiger charge is -2.09. The molecule has 2 aromatic rings. The van der Waals surface area contributed by atoms with Gasteiger partial charge in [-0.25, -0.2) is 4.98 Å². The molecule has 2 heterocycles. The molecule has 15 heavy (non-hydrogen) atoms. The Hall–Kier alpha value is -1.13. The van der Waals surface area contributed by atoms with Crippen LogP contribution in [0.15, 0.2) is 29.0 Å². The van der Waals surface area contributed by atoms with Crippen molar-refractivity contribution in [2.75, 3.05) is 0 Å². The number of thiazole rings is 1. The molecular weight excluding hydrogens is 208 g/mol. The van der Waals surface area contributed by atoms with E-state index in [1.807, 2.05) is 18.3 Å². The fraction of sp³-hybridized carbons (Fsp3) is 0.364. The zero-order valence-electron chi connectivity index (χ0n) is 8.86. The Morgan fingerprint density at radius 2 is 2.47 bits per heavy atom. The van der Waals surface area contributed by atoms with Crippen molar-refractivity contribution >= 4 is 11.3 Å². The van der Waals surface area contributed by atoms with Crippen LogP contribution in [0.2, 0.25) is 0 Å². The third kappa shape index (κ3) is 2.67. The third-order valence-electron chi connectivity index (χ3n) is 2.20. The Morgan fingerprint density at radius 3 is 3.07 bits per heavy atom. The van der Waals surface area contributed by atoms with Crippen LogP contribution in [0.4, 0.5) is 0 Å². The van der Waals surface area contributed by atoms with Gasteiger partial charge in [0, 0.05) is 17.6 Å². The maximum Gasteiger partial charge on any atom is 0.120 e. The molecule has 2 rings (SSSR count). The van der Waals surface area contributed by atoms with Crippen molar-refractivity contribution in [3.05, 3.63) is 40.2 Å². The smallest absolute Gasteiger partial charge is 0.120 e. The topological polar surface area (TPSA) is 38.1 Å². The van der Waals surface area contributed by atoms with Crippen molar-refractivity contribution in [3.8, 4) is 0 Å². The van der Waals surface area contributed by atoms with E-state index in [9.17, 15) is 0 Å². The number of aryl methyl sites for hydroxylation is 1. The summed E-state index contributed by atoms with van der Waals surface area (Å²) in [5.74, 6) is 0.961. The van der Waals surface area contributed by atoms with Crippen LogP contribution in [0.1, 0.15) is 28.6 Å². The first-order chi connectivity index (χ1) is 7.25. The van der Waals surface area contributed by atoms with Gasteiger partial charge in [0.05, 0.1) is 12.3 Å². The van der Waals surface area contributed by atoms with E-state index >= 15 is 0 Å². The molecule has 1 atom stereocenters. The Bertz CT molecular complexity index is 408. The highest BCUT2D eigenvalue weighted by Crippen LogP contribution is 2.15. The summed E-state index contributed by atoms with van der Waals surface area (Å²) in [6.45, 7) is 4.94. The van der Waals surface area contributed by atoms with Gasteiger partial charge in [0.25, 0.3) is 0 Å². The average Bonchev–Trinajstić information content (AvgIpc) is 2.84. The van der Waals surface area contributed by atoms with Crippen molar-refractivity contribution in [2.24, 2.45) is 0 Å². The molecule has 0 aliphatic rings. The lowest BCUT2D eigenvalue weighted by atomic mass is 10.2. The van der Waals surface area contributed by atoms with Crippen molar-refractivity contribution in [1.29, 1.82) is 0 Å². The molecule has 0 aliphatic carbocycles. The van der Waals surface area contributed by atoms with E-state index in [2.05, 4.69) is 24.1 Å². The van der Waals surface area contributed by atoms with E-state index in [1.165, 1.54) is 4.88 Å². The summed E-state index contributed by atoms with van der Waals surface area (Å²) in [5.41, 5.74) is 0. The minimum atomic E-state index is 0.226. The van der Waals surface area contributed by atoms with Crippen LogP contribution in [0, 0.1) is 6.92 Å². The van der Waals surface area contributed by atoms with Gasteiger partial charge in [-0.05, 0) is 26.0 Å². The van der Waals surface area contributed by atoms with Crippen LogP contribution in [0.5, 0.6) is 0 Å². The van der Waals surface area contributed by atoms with Crippen LogP contribution in [-0.4, -0.2) is 4.98 Å². The van der Waals surface area contributed by atoms with Gasteiger partial charge >= 0.3 is 0 Å². The van der Waals surface area contributed by atoms with Crippen LogP contribution in [0.3, 0.4) is 0 Å². The van der Waals surface area contributed by atoms with E-state index in [1.54, 1.807) is 17.6 Å². The molecule has 3 nitrogen and oxygen atoms in total. The Balaban J connectivity index is 1.88.